The number of rotatable bonds is 3. The van der Waals surface area contributed by atoms with Gasteiger partial charge in [-0.3, -0.25) is 24.1 Å². The van der Waals surface area contributed by atoms with E-state index in [1.165, 1.54) is 11.0 Å². The number of aryl methyl sites for hydroxylation is 1. The number of aromatic nitrogens is 1. The molecular formula is C36H25BrN2O6. The van der Waals surface area contributed by atoms with Gasteiger partial charge in [-0.25, -0.2) is 4.98 Å². The third kappa shape index (κ3) is 4.06. The van der Waals surface area contributed by atoms with E-state index in [1.54, 1.807) is 49.4 Å². The molecule has 1 aromatic heterocycles. The molecule has 0 unspecified atom stereocenters. The molecule has 1 saturated heterocycles. The Balaban J connectivity index is 1.17. The number of hydrogen-bond donors (Lipinski definition) is 1. The number of fused-ring (bicyclic) bond motifs is 4. The first-order valence-electron chi connectivity index (χ1n) is 14.7. The van der Waals surface area contributed by atoms with Gasteiger partial charge in [-0.2, -0.15) is 0 Å². The fourth-order valence-electron chi connectivity index (χ4n) is 7.48. The lowest BCUT2D eigenvalue weighted by Gasteiger charge is -2.42. The van der Waals surface area contributed by atoms with Crippen molar-refractivity contribution in [2.45, 2.75) is 25.7 Å². The quantitative estimate of drug-likeness (QED) is 0.152. The van der Waals surface area contributed by atoms with Gasteiger partial charge in [0, 0.05) is 34.3 Å². The van der Waals surface area contributed by atoms with Gasteiger partial charge in [-0.05, 0) is 83.6 Å². The lowest BCUT2D eigenvalue weighted by atomic mass is 9.59. The van der Waals surface area contributed by atoms with E-state index in [1.807, 2.05) is 30.3 Å². The van der Waals surface area contributed by atoms with Crippen molar-refractivity contribution >= 4 is 56.1 Å². The number of hydrogen-bond acceptors (Lipinski definition) is 7. The highest BCUT2D eigenvalue weighted by molar-refractivity contribution is 9.12. The molecule has 1 fully saturated rings. The summed E-state index contributed by atoms with van der Waals surface area (Å²) in [7, 11) is 0. The molecule has 1 N–H and O–H groups in total. The van der Waals surface area contributed by atoms with E-state index in [4.69, 9.17) is 4.42 Å². The summed E-state index contributed by atoms with van der Waals surface area (Å²) >= 11 is 3.25. The van der Waals surface area contributed by atoms with Gasteiger partial charge in [0.1, 0.15) is 11.3 Å². The van der Waals surface area contributed by atoms with E-state index >= 15 is 0 Å². The Hall–Kier alpha value is -4.89. The summed E-state index contributed by atoms with van der Waals surface area (Å²) in [5, 5.41) is 11.1. The van der Waals surface area contributed by atoms with E-state index in [0.29, 0.717) is 51.4 Å². The lowest BCUT2D eigenvalue weighted by Crippen LogP contribution is -2.39. The average molecular weight is 662 g/mol. The van der Waals surface area contributed by atoms with Crippen molar-refractivity contribution < 1.29 is 28.7 Å². The maximum absolute atomic E-state index is 14.2. The maximum atomic E-state index is 14.2. The van der Waals surface area contributed by atoms with Crippen molar-refractivity contribution in [3.63, 3.8) is 0 Å². The molecule has 3 aromatic carbocycles. The Morgan fingerprint density at radius 1 is 0.933 bits per heavy atom. The number of nitrogens with zero attached hydrogens (tertiary/aromatic N) is 2. The van der Waals surface area contributed by atoms with Gasteiger partial charge in [-0.15, -0.1) is 0 Å². The van der Waals surface area contributed by atoms with Crippen molar-refractivity contribution in [3.8, 4) is 17.2 Å². The molecule has 4 aromatic rings. The number of ketones is 2. The van der Waals surface area contributed by atoms with Gasteiger partial charge in [-0.1, -0.05) is 42.0 Å². The topological polar surface area (TPSA) is 118 Å². The first-order valence-corrected chi connectivity index (χ1v) is 15.5. The Kier molecular flexibility index (Phi) is 6.19. The Labute approximate surface area is 265 Å². The summed E-state index contributed by atoms with van der Waals surface area (Å²) in [4.78, 5) is 60.7. The van der Waals surface area contributed by atoms with Crippen LogP contribution in [-0.2, 0) is 19.2 Å². The van der Waals surface area contributed by atoms with E-state index in [2.05, 4.69) is 20.9 Å². The zero-order chi connectivity index (χ0) is 31.1. The van der Waals surface area contributed by atoms with Gasteiger partial charge >= 0.3 is 0 Å². The van der Waals surface area contributed by atoms with Crippen LogP contribution in [0.3, 0.4) is 0 Å². The molecule has 4 aliphatic rings. The average Bonchev–Trinajstić information content (AvgIpc) is 3.59. The lowest BCUT2D eigenvalue weighted by molar-refractivity contribution is -0.123. The second-order valence-corrected chi connectivity index (χ2v) is 12.8. The number of carbonyl (C=O) groups excluding carboxylic acids is 4. The van der Waals surface area contributed by atoms with E-state index in [-0.39, 0.29) is 40.0 Å². The van der Waals surface area contributed by atoms with Crippen molar-refractivity contribution in [2.24, 2.45) is 17.8 Å². The fourth-order valence-corrected chi connectivity index (χ4v) is 7.93. The number of para-hydroxylation sites is 3. The summed E-state index contributed by atoms with van der Waals surface area (Å²) in [6, 6.07) is 19.8. The first kappa shape index (κ1) is 27.6. The number of halogens is 1. The zero-order valence-electron chi connectivity index (χ0n) is 24.0. The molecule has 3 aliphatic carbocycles. The molecule has 0 saturated carbocycles. The van der Waals surface area contributed by atoms with Crippen molar-refractivity contribution in [2.75, 3.05) is 4.90 Å². The predicted molar refractivity (Wildman–Crippen MR) is 169 cm³/mol. The summed E-state index contributed by atoms with van der Waals surface area (Å²) in [5.74, 6) is -3.30. The third-order valence-corrected chi connectivity index (χ3v) is 10.2. The number of phenolic OH excluding ortho intramolecular Hbond substituents is 1. The summed E-state index contributed by atoms with van der Waals surface area (Å²) in [6.07, 6.45) is 3.69. The largest absolute Gasteiger partial charge is 0.507 e. The van der Waals surface area contributed by atoms with Gasteiger partial charge in [0.2, 0.25) is 17.7 Å². The zero-order valence-corrected chi connectivity index (χ0v) is 25.6. The highest BCUT2D eigenvalue weighted by Gasteiger charge is 2.57. The van der Waals surface area contributed by atoms with Crippen molar-refractivity contribution in [1.82, 2.24) is 4.98 Å². The van der Waals surface area contributed by atoms with Crippen LogP contribution in [0, 0.1) is 24.7 Å². The molecule has 2 amide bonds. The monoisotopic (exact) mass is 660 g/mol. The second kappa shape index (κ2) is 10.1. The molecule has 8 nitrogen and oxygen atoms in total. The first-order chi connectivity index (χ1) is 21.7. The van der Waals surface area contributed by atoms with Crippen molar-refractivity contribution in [3.05, 3.63) is 111 Å². The molecular weight excluding hydrogens is 636 g/mol. The minimum absolute atomic E-state index is 0.0429. The number of benzene rings is 3. The van der Waals surface area contributed by atoms with Crippen LogP contribution in [0.2, 0.25) is 0 Å². The van der Waals surface area contributed by atoms with E-state index in [9.17, 15) is 24.3 Å². The third-order valence-electron chi connectivity index (χ3n) is 9.58. The number of oxazole rings is 1. The van der Waals surface area contributed by atoms with Crippen LogP contribution >= 0.6 is 15.9 Å². The van der Waals surface area contributed by atoms with E-state index < -0.39 is 23.7 Å². The van der Waals surface area contributed by atoms with Gasteiger partial charge in [0.15, 0.2) is 17.1 Å². The number of allylic oxidation sites excluding steroid dienone is 6. The Morgan fingerprint density at radius 3 is 2.49 bits per heavy atom. The molecule has 1 aliphatic heterocycles. The molecule has 2 heterocycles. The molecule has 8 rings (SSSR count). The number of imide groups is 1. The van der Waals surface area contributed by atoms with Gasteiger partial charge in [0.05, 0.1) is 22.0 Å². The summed E-state index contributed by atoms with van der Waals surface area (Å²) in [5.41, 5.74) is 5.14. The van der Waals surface area contributed by atoms with Crippen LogP contribution in [0.25, 0.3) is 22.6 Å². The normalized spacial score (nSPS) is 24.4. The smallest absolute Gasteiger partial charge is 0.238 e. The highest BCUT2D eigenvalue weighted by atomic mass is 79.9. The Bertz CT molecular complexity index is 2070. The number of aromatic hydroxyl groups is 1. The minimum atomic E-state index is -0.717. The standard InChI is InChI=1S/C36H25BrN2O6/c1-17-5-4-6-21(32(17)41)29-20-13-14-22-30(23(20)15-24-31(29)27(40)16-25(37)33(24)42)36(44)39(35(22)43)19-11-9-18(10-12-19)34-38-26-7-2-3-8-28(26)45-34/h2-13,16,22-23,29-30,41H,14-15H2,1H3/t22-,23+,29+,30-/m0/s1. The van der Waals surface area contributed by atoms with Crippen LogP contribution < -0.4 is 4.90 Å². The number of phenols is 1. The fraction of sp³-hybridized carbons (Fsp3) is 0.194. The van der Waals surface area contributed by atoms with Crippen molar-refractivity contribution in [1.29, 1.82) is 0 Å². The molecule has 45 heavy (non-hydrogen) atoms. The van der Waals surface area contributed by atoms with Crippen LogP contribution in [0.1, 0.15) is 29.9 Å². The molecule has 0 bridgehead atoms. The number of anilines is 1. The molecule has 9 heteroatoms. The second-order valence-electron chi connectivity index (χ2n) is 12.0. The number of Topliss-reactive ketones (excluding diaryl/α,β-unsaturated/α-hetero) is 1. The summed E-state index contributed by atoms with van der Waals surface area (Å²) < 4.78 is 6.04. The van der Waals surface area contributed by atoms with Crippen LogP contribution in [0.15, 0.2) is 105 Å². The number of carbonyl (C=O) groups is 4. The molecule has 0 radical (unpaired) electrons. The molecule has 0 spiro atoms. The predicted octanol–water partition coefficient (Wildman–Crippen LogP) is 6.48. The van der Waals surface area contributed by atoms with Crippen LogP contribution in [0.4, 0.5) is 5.69 Å². The van der Waals surface area contributed by atoms with Gasteiger partial charge in [0.25, 0.3) is 0 Å². The Morgan fingerprint density at radius 2 is 1.71 bits per heavy atom. The van der Waals surface area contributed by atoms with Crippen LogP contribution in [0.5, 0.6) is 5.75 Å². The van der Waals surface area contributed by atoms with Gasteiger partial charge < -0.3 is 9.52 Å². The summed E-state index contributed by atoms with van der Waals surface area (Å²) in [6.45, 7) is 1.77. The maximum Gasteiger partial charge on any atom is 0.238 e. The molecule has 222 valence electrons. The van der Waals surface area contributed by atoms with Crippen LogP contribution in [-0.4, -0.2) is 33.5 Å². The highest BCUT2D eigenvalue weighted by Crippen LogP contribution is 2.56. The SMILES string of the molecule is Cc1cccc([C@H]2C3=CC[C@@H]4C(=O)N(c5ccc(-c6nc7ccccc7o6)cc5)C(=O)[C@@H]4[C@@H]3CC3=C2C(=O)C=C(Br)C3=O)c1O. The van der Waals surface area contributed by atoms with E-state index in [0.717, 1.165) is 11.1 Å². The number of amides is 2. The minimum Gasteiger partial charge on any atom is -0.507 e. The molecule has 4 atom stereocenters.